The minimum absolute atomic E-state index is 0.0661. The zero-order valence-corrected chi connectivity index (χ0v) is 12.0. The molecule has 0 saturated heterocycles. The normalized spacial score (nSPS) is 12.2. The van der Waals surface area contributed by atoms with E-state index in [0.29, 0.717) is 26.1 Å². The number of carbonyl (C=O) groups is 1. The number of benzene rings is 1. The Balaban J connectivity index is 2.57. The van der Waals surface area contributed by atoms with Crippen molar-refractivity contribution in [3.8, 4) is 0 Å². The van der Waals surface area contributed by atoms with Crippen LogP contribution in [-0.4, -0.2) is 48.8 Å². The molecule has 0 bridgehead atoms. The Morgan fingerprint density at radius 1 is 1.40 bits per heavy atom. The van der Waals surface area contributed by atoms with Crippen molar-refractivity contribution >= 4 is 5.91 Å². The molecule has 0 aliphatic rings. The highest BCUT2D eigenvalue weighted by Crippen LogP contribution is 2.07. The van der Waals surface area contributed by atoms with E-state index < -0.39 is 6.04 Å². The fourth-order valence-corrected chi connectivity index (χ4v) is 2.00. The Labute approximate surface area is 120 Å². The lowest BCUT2D eigenvalue weighted by Crippen LogP contribution is -2.44. The van der Waals surface area contributed by atoms with E-state index in [-0.39, 0.29) is 12.5 Å². The number of nitrogens with zero attached hydrogens (tertiary/aromatic N) is 1. The van der Waals surface area contributed by atoms with Crippen LogP contribution >= 0.6 is 0 Å². The Morgan fingerprint density at radius 2 is 2.10 bits per heavy atom. The van der Waals surface area contributed by atoms with Crippen molar-refractivity contribution in [1.29, 1.82) is 0 Å². The van der Waals surface area contributed by atoms with Crippen LogP contribution in [0.1, 0.15) is 18.4 Å². The van der Waals surface area contributed by atoms with Crippen molar-refractivity contribution in [2.24, 2.45) is 5.73 Å². The molecule has 0 saturated carbocycles. The first-order chi connectivity index (χ1) is 9.69. The van der Waals surface area contributed by atoms with Gasteiger partial charge < -0.3 is 20.5 Å². The average Bonchev–Trinajstić information content (AvgIpc) is 2.47. The summed E-state index contributed by atoms with van der Waals surface area (Å²) >= 11 is 0. The van der Waals surface area contributed by atoms with Gasteiger partial charge in [-0.1, -0.05) is 30.3 Å². The molecule has 5 nitrogen and oxygen atoms in total. The lowest BCUT2D eigenvalue weighted by molar-refractivity contribution is -0.134. The fraction of sp³-hybridized carbons (Fsp3) is 0.533. The third kappa shape index (κ3) is 5.69. The first kappa shape index (κ1) is 16.6. The van der Waals surface area contributed by atoms with Crippen LogP contribution in [0.2, 0.25) is 0 Å². The van der Waals surface area contributed by atoms with Crippen LogP contribution in [-0.2, 0) is 16.1 Å². The summed E-state index contributed by atoms with van der Waals surface area (Å²) < 4.78 is 4.96. The number of aliphatic hydroxyl groups is 1. The Bertz CT molecular complexity index is 384. The standard InChI is InChI=1S/C15H24N2O3/c1-20-11-5-8-14(16)15(19)17(9-10-18)12-13-6-3-2-4-7-13/h2-4,6-7,14,18H,5,8-12,16H2,1H3. The maximum atomic E-state index is 12.3. The first-order valence-electron chi connectivity index (χ1n) is 6.87. The van der Waals surface area contributed by atoms with E-state index >= 15 is 0 Å². The summed E-state index contributed by atoms with van der Waals surface area (Å²) in [5, 5.41) is 9.10. The van der Waals surface area contributed by atoms with E-state index in [0.717, 1.165) is 12.0 Å². The second-order valence-electron chi connectivity index (χ2n) is 4.71. The Hall–Kier alpha value is -1.43. The highest BCUT2D eigenvalue weighted by Gasteiger charge is 2.20. The number of ether oxygens (including phenoxy) is 1. The number of methoxy groups -OCH3 is 1. The Kier molecular flexibility index (Phi) is 7.87. The van der Waals surface area contributed by atoms with Crippen molar-refractivity contribution in [2.75, 3.05) is 26.9 Å². The van der Waals surface area contributed by atoms with E-state index in [1.165, 1.54) is 0 Å². The fourth-order valence-electron chi connectivity index (χ4n) is 2.00. The average molecular weight is 280 g/mol. The van der Waals surface area contributed by atoms with Crippen LogP contribution in [0.4, 0.5) is 0 Å². The maximum absolute atomic E-state index is 12.3. The monoisotopic (exact) mass is 280 g/mol. The summed E-state index contributed by atoms with van der Waals surface area (Å²) in [6.45, 7) is 1.30. The van der Waals surface area contributed by atoms with Crippen molar-refractivity contribution in [3.05, 3.63) is 35.9 Å². The van der Waals surface area contributed by atoms with Gasteiger partial charge in [-0.25, -0.2) is 0 Å². The zero-order valence-electron chi connectivity index (χ0n) is 12.0. The lowest BCUT2D eigenvalue weighted by Gasteiger charge is -2.25. The molecular formula is C15H24N2O3. The molecule has 1 atom stereocenters. The number of hydrogen-bond acceptors (Lipinski definition) is 4. The van der Waals surface area contributed by atoms with Gasteiger partial charge in [-0.3, -0.25) is 4.79 Å². The summed E-state index contributed by atoms with van der Waals surface area (Å²) in [5.41, 5.74) is 6.94. The zero-order chi connectivity index (χ0) is 14.8. The molecule has 1 rings (SSSR count). The van der Waals surface area contributed by atoms with E-state index in [9.17, 15) is 4.79 Å². The van der Waals surface area contributed by atoms with Gasteiger partial charge in [0.15, 0.2) is 0 Å². The molecular weight excluding hydrogens is 256 g/mol. The van der Waals surface area contributed by atoms with Crippen LogP contribution in [0.15, 0.2) is 30.3 Å². The first-order valence-corrected chi connectivity index (χ1v) is 6.87. The number of rotatable bonds is 9. The smallest absolute Gasteiger partial charge is 0.239 e. The van der Waals surface area contributed by atoms with E-state index in [1.807, 2.05) is 30.3 Å². The molecule has 1 aromatic carbocycles. The van der Waals surface area contributed by atoms with Crippen molar-refractivity contribution in [3.63, 3.8) is 0 Å². The highest BCUT2D eigenvalue weighted by atomic mass is 16.5. The second-order valence-corrected chi connectivity index (χ2v) is 4.71. The number of aliphatic hydroxyl groups excluding tert-OH is 1. The van der Waals surface area contributed by atoms with Crippen LogP contribution < -0.4 is 5.73 Å². The summed E-state index contributed by atoms with van der Waals surface area (Å²) in [5.74, 6) is -0.126. The predicted molar refractivity (Wildman–Crippen MR) is 78.0 cm³/mol. The van der Waals surface area contributed by atoms with Crippen molar-refractivity contribution in [2.45, 2.75) is 25.4 Å². The molecule has 0 fully saturated rings. The summed E-state index contributed by atoms with van der Waals surface area (Å²) in [6.07, 6.45) is 1.34. The molecule has 1 aromatic rings. The summed E-state index contributed by atoms with van der Waals surface area (Å²) in [7, 11) is 1.63. The second kappa shape index (κ2) is 9.47. The molecule has 3 N–H and O–H groups in total. The van der Waals surface area contributed by atoms with Crippen molar-refractivity contribution in [1.82, 2.24) is 4.90 Å². The largest absolute Gasteiger partial charge is 0.395 e. The Morgan fingerprint density at radius 3 is 2.70 bits per heavy atom. The maximum Gasteiger partial charge on any atom is 0.239 e. The molecule has 0 spiro atoms. The lowest BCUT2D eigenvalue weighted by atomic mass is 10.1. The van der Waals surface area contributed by atoms with Gasteiger partial charge in [0.1, 0.15) is 0 Å². The quantitative estimate of drug-likeness (QED) is 0.655. The van der Waals surface area contributed by atoms with Gasteiger partial charge >= 0.3 is 0 Å². The number of carbonyl (C=O) groups excluding carboxylic acids is 1. The molecule has 1 amide bonds. The number of nitrogens with two attached hydrogens (primary N) is 1. The van der Waals surface area contributed by atoms with Gasteiger partial charge in [0.25, 0.3) is 0 Å². The van der Waals surface area contributed by atoms with Crippen molar-refractivity contribution < 1.29 is 14.6 Å². The number of hydrogen-bond donors (Lipinski definition) is 2. The van der Waals surface area contributed by atoms with Crippen LogP contribution in [0, 0.1) is 0 Å². The minimum atomic E-state index is -0.541. The molecule has 0 radical (unpaired) electrons. The topological polar surface area (TPSA) is 75.8 Å². The highest BCUT2D eigenvalue weighted by molar-refractivity contribution is 5.81. The predicted octanol–water partition coefficient (Wildman–Crippen LogP) is 0.761. The van der Waals surface area contributed by atoms with Crippen LogP contribution in [0.3, 0.4) is 0 Å². The van der Waals surface area contributed by atoms with E-state index in [1.54, 1.807) is 12.0 Å². The number of amides is 1. The summed E-state index contributed by atoms with van der Waals surface area (Å²) in [4.78, 5) is 13.9. The third-order valence-electron chi connectivity index (χ3n) is 3.08. The molecule has 20 heavy (non-hydrogen) atoms. The van der Waals surface area contributed by atoms with Gasteiger partial charge in [-0.05, 0) is 18.4 Å². The van der Waals surface area contributed by atoms with Gasteiger partial charge in [0.05, 0.1) is 12.6 Å². The molecule has 0 aromatic heterocycles. The van der Waals surface area contributed by atoms with Gasteiger partial charge in [0.2, 0.25) is 5.91 Å². The van der Waals surface area contributed by atoms with Gasteiger partial charge in [-0.15, -0.1) is 0 Å². The molecule has 1 unspecified atom stereocenters. The molecule has 112 valence electrons. The third-order valence-corrected chi connectivity index (χ3v) is 3.08. The molecule has 0 heterocycles. The van der Waals surface area contributed by atoms with Crippen LogP contribution in [0.25, 0.3) is 0 Å². The van der Waals surface area contributed by atoms with Gasteiger partial charge in [-0.2, -0.15) is 0 Å². The minimum Gasteiger partial charge on any atom is -0.395 e. The molecule has 0 aliphatic carbocycles. The SMILES string of the molecule is COCCCC(N)C(=O)N(CCO)Cc1ccccc1. The molecule has 5 heteroatoms. The molecule has 0 aliphatic heterocycles. The van der Waals surface area contributed by atoms with E-state index in [2.05, 4.69) is 0 Å². The van der Waals surface area contributed by atoms with Crippen LogP contribution in [0.5, 0.6) is 0 Å². The van der Waals surface area contributed by atoms with E-state index in [4.69, 9.17) is 15.6 Å². The summed E-state index contributed by atoms with van der Waals surface area (Å²) in [6, 6.07) is 9.14. The van der Waals surface area contributed by atoms with Gasteiger partial charge in [0, 0.05) is 26.8 Å².